The van der Waals surface area contributed by atoms with Crippen molar-refractivity contribution in [2.75, 3.05) is 13.2 Å². The monoisotopic (exact) mass is 442 g/mol. The fourth-order valence-electron chi connectivity index (χ4n) is 3.95. The highest BCUT2D eigenvalue weighted by molar-refractivity contribution is 5.93. The van der Waals surface area contributed by atoms with Crippen LogP contribution in [0, 0.1) is 0 Å². The molecule has 4 rings (SSSR count). The number of carbonyl (C=O) groups is 1. The zero-order chi connectivity index (χ0) is 23.0. The molecule has 1 N–H and O–H groups in total. The number of aromatic nitrogens is 3. The Balaban J connectivity index is 1.38. The van der Waals surface area contributed by atoms with Crippen LogP contribution in [0.1, 0.15) is 47.9 Å². The third-order valence-corrected chi connectivity index (χ3v) is 5.62. The van der Waals surface area contributed by atoms with E-state index in [1.54, 1.807) is 24.5 Å². The van der Waals surface area contributed by atoms with E-state index in [-0.39, 0.29) is 5.91 Å². The number of imidazole rings is 1. The van der Waals surface area contributed by atoms with E-state index in [2.05, 4.69) is 46.9 Å². The SMILES string of the molecule is CC(C)c1ccccc1OCCCn1c(CCNC(=O)c2cccnc2)nc2ccccc21. The lowest BCUT2D eigenvalue weighted by atomic mass is 10.0. The van der Waals surface area contributed by atoms with Gasteiger partial charge in [-0.25, -0.2) is 4.98 Å². The largest absolute Gasteiger partial charge is 0.493 e. The van der Waals surface area contributed by atoms with Crippen molar-refractivity contribution in [2.24, 2.45) is 0 Å². The van der Waals surface area contributed by atoms with Gasteiger partial charge in [-0.3, -0.25) is 9.78 Å². The number of amides is 1. The van der Waals surface area contributed by atoms with Gasteiger partial charge in [-0.15, -0.1) is 0 Å². The lowest BCUT2D eigenvalue weighted by Gasteiger charge is -2.14. The molecule has 6 heteroatoms. The van der Waals surface area contributed by atoms with E-state index in [4.69, 9.17) is 9.72 Å². The summed E-state index contributed by atoms with van der Waals surface area (Å²) in [5.41, 5.74) is 3.87. The first-order valence-electron chi connectivity index (χ1n) is 11.5. The first-order valence-corrected chi connectivity index (χ1v) is 11.5. The van der Waals surface area contributed by atoms with Gasteiger partial charge in [0.25, 0.3) is 5.91 Å². The van der Waals surface area contributed by atoms with Gasteiger partial charge in [-0.05, 0) is 48.2 Å². The van der Waals surface area contributed by atoms with Crippen LogP contribution in [0.2, 0.25) is 0 Å². The second-order valence-corrected chi connectivity index (χ2v) is 8.31. The number of nitrogens with zero attached hydrogens (tertiary/aromatic N) is 3. The zero-order valence-corrected chi connectivity index (χ0v) is 19.2. The molecule has 2 aromatic heterocycles. The van der Waals surface area contributed by atoms with Crippen molar-refractivity contribution in [3.05, 3.63) is 90.0 Å². The molecule has 0 fully saturated rings. The number of ether oxygens (including phenoxy) is 1. The molecule has 0 aliphatic heterocycles. The number of aryl methyl sites for hydroxylation is 1. The highest BCUT2D eigenvalue weighted by atomic mass is 16.5. The molecule has 1 amide bonds. The Bertz CT molecular complexity index is 1200. The summed E-state index contributed by atoms with van der Waals surface area (Å²) in [6, 6.07) is 19.9. The minimum absolute atomic E-state index is 0.122. The van der Waals surface area contributed by atoms with Crippen molar-refractivity contribution in [1.82, 2.24) is 19.9 Å². The fourth-order valence-corrected chi connectivity index (χ4v) is 3.95. The van der Waals surface area contributed by atoms with Crippen LogP contribution in [0.3, 0.4) is 0 Å². The lowest BCUT2D eigenvalue weighted by molar-refractivity contribution is 0.0953. The number of hydrogen-bond donors (Lipinski definition) is 1. The highest BCUT2D eigenvalue weighted by Gasteiger charge is 2.12. The molecular formula is C27H30N4O2. The molecule has 2 heterocycles. The van der Waals surface area contributed by atoms with Gasteiger partial charge in [-0.1, -0.05) is 44.2 Å². The van der Waals surface area contributed by atoms with Gasteiger partial charge in [0.05, 0.1) is 23.2 Å². The van der Waals surface area contributed by atoms with E-state index in [9.17, 15) is 4.79 Å². The number of rotatable bonds is 10. The minimum atomic E-state index is -0.122. The van der Waals surface area contributed by atoms with Crippen molar-refractivity contribution in [1.29, 1.82) is 0 Å². The van der Waals surface area contributed by atoms with Gasteiger partial charge in [0, 0.05) is 31.9 Å². The zero-order valence-electron chi connectivity index (χ0n) is 19.2. The molecule has 0 aliphatic rings. The van der Waals surface area contributed by atoms with Gasteiger partial charge in [0.1, 0.15) is 11.6 Å². The summed E-state index contributed by atoms with van der Waals surface area (Å²) in [4.78, 5) is 21.1. The van der Waals surface area contributed by atoms with Crippen LogP contribution in [0.15, 0.2) is 73.1 Å². The molecule has 0 saturated carbocycles. The molecule has 0 spiro atoms. The fraction of sp³-hybridized carbons (Fsp3) is 0.296. The third-order valence-electron chi connectivity index (χ3n) is 5.62. The predicted molar refractivity (Wildman–Crippen MR) is 131 cm³/mol. The van der Waals surface area contributed by atoms with Gasteiger partial charge in [0.15, 0.2) is 0 Å². The van der Waals surface area contributed by atoms with Crippen molar-refractivity contribution in [3.8, 4) is 5.75 Å². The Hall–Kier alpha value is -3.67. The Morgan fingerprint density at radius 2 is 1.88 bits per heavy atom. The molecule has 0 aliphatic carbocycles. The number of carbonyl (C=O) groups excluding carboxylic acids is 1. The molecule has 0 unspecified atom stereocenters. The first-order chi connectivity index (χ1) is 16.1. The number of benzene rings is 2. The maximum absolute atomic E-state index is 12.3. The van der Waals surface area contributed by atoms with Gasteiger partial charge in [-0.2, -0.15) is 0 Å². The minimum Gasteiger partial charge on any atom is -0.493 e. The Labute approximate surface area is 194 Å². The number of nitrogens with one attached hydrogen (secondary N) is 1. The van der Waals surface area contributed by atoms with Crippen LogP contribution in [-0.4, -0.2) is 33.6 Å². The molecular weight excluding hydrogens is 412 g/mol. The summed E-state index contributed by atoms with van der Waals surface area (Å²) < 4.78 is 8.35. The van der Waals surface area contributed by atoms with Crippen LogP contribution in [0.5, 0.6) is 5.75 Å². The number of para-hydroxylation sites is 3. The summed E-state index contributed by atoms with van der Waals surface area (Å²) >= 11 is 0. The molecule has 6 nitrogen and oxygen atoms in total. The van der Waals surface area contributed by atoms with Crippen LogP contribution in [0.25, 0.3) is 11.0 Å². The Morgan fingerprint density at radius 1 is 1.06 bits per heavy atom. The first kappa shape index (κ1) is 22.5. The normalized spacial score (nSPS) is 11.1. The molecule has 33 heavy (non-hydrogen) atoms. The quantitative estimate of drug-likeness (QED) is 0.351. The van der Waals surface area contributed by atoms with E-state index < -0.39 is 0 Å². The average Bonchev–Trinajstić information content (AvgIpc) is 3.19. The molecule has 0 saturated heterocycles. The standard InChI is InChI=1S/C27H30N4O2/c1-20(2)22-10-3-6-13-25(22)33-18-8-17-31-24-12-5-4-11-23(24)30-26(31)14-16-29-27(32)21-9-7-15-28-19-21/h3-7,9-13,15,19-20H,8,14,16-18H2,1-2H3,(H,29,32). The van der Waals surface area contributed by atoms with Crippen LogP contribution >= 0.6 is 0 Å². The average molecular weight is 443 g/mol. The van der Waals surface area contributed by atoms with Crippen molar-refractivity contribution in [3.63, 3.8) is 0 Å². The summed E-state index contributed by atoms with van der Waals surface area (Å²) in [6.07, 6.45) is 4.74. The number of pyridine rings is 1. The summed E-state index contributed by atoms with van der Waals surface area (Å²) in [5, 5.41) is 2.97. The molecule has 0 atom stereocenters. The van der Waals surface area contributed by atoms with E-state index in [0.717, 1.165) is 35.6 Å². The molecule has 170 valence electrons. The smallest absolute Gasteiger partial charge is 0.252 e. The Morgan fingerprint density at radius 3 is 2.70 bits per heavy atom. The van der Waals surface area contributed by atoms with Gasteiger partial charge < -0.3 is 14.6 Å². The van der Waals surface area contributed by atoms with Gasteiger partial charge in [0.2, 0.25) is 0 Å². The topological polar surface area (TPSA) is 69.0 Å². The highest BCUT2D eigenvalue weighted by Crippen LogP contribution is 2.26. The Kier molecular flexibility index (Phi) is 7.35. The maximum atomic E-state index is 12.3. The lowest BCUT2D eigenvalue weighted by Crippen LogP contribution is -2.26. The third kappa shape index (κ3) is 5.58. The summed E-state index contributed by atoms with van der Waals surface area (Å²) in [5.74, 6) is 2.22. The van der Waals surface area contributed by atoms with E-state index in [0.29, 0.717) is 31.1 Å². The maximum Gasteiger partial charge on any atom is 0.252 e. The van der Waals surface area contributed by atoms with E-state index in [1.165, 1.54) is 5.56 Å². The summed E-state index contributed by atoms with van der Waals surface area (Å²) in [7, 11) is 0. The van der Waals surface area contributed by atoms with E-state index in [1.807, 2.05) is 30.3 Å². The van der Waals surface area contributed by atoms with E-state index >= 15 is 0 Å². The molecule has 0 bridgehead atoms. The summed E-state index contributed by atoms with van der Waals surface area (Å²) in [6.45, 7) is 6.30. The molecule has 2 aromatic carbocycles. The second-order valence-electron chi connectivity index (χ2n) is 8.31. The van der Waals surface area contributed by atoms with Crippen molar-refractivity contribution < 1.29 is 9.53 Å². The molecule has 4 aromatic rings. The van der Waals surface area contributed by atoms with Crippen molar-refractivity contribution >= 4 is 16.9 Å². The van der Waals surface area contributed by atoms with Gasteiger partial charge >= 0.3 is 0 Å². The second kappa shape index (κ2) is 10.8. The number of fused-ring (bicyclic) bond motifs is 1. The van der Waals surface area contributed by atoms with Crippen LogP contribution in [-0.2, 0) is 13.0 Å². The van der Waals surface area contributed by atoms with Crippen LogP contribution in [0.4, 0.5) is 0 Å². The molecule has 0 radical (unpaired) electrons. The predicted octanol–water partition coefficient (Wildman–Crippen LogP) is 5.00. The van der Waals surface area contributed by atoms with Crippen molar-refractivity contribution in [2.45, 2.75) is 39.2 Å². The van der Waals surface area contributed by atoms with Crippen LogP contribution < -0.4 is 10.1 Å². The number of hydrogen-bond acceptors (Lipinski definition) is 4.